The second kappa shape index (κ2) is 6.64. The zero-order chi connectivity index (χ0) is 17.9. The monoisotopic (exact) mass is 340 g/mol. The Morgan fingerprint density at radius 2 is 1.19 bits per heavy atom. The molecule has 0 atom stereocenters. The minimum atomic E-state index is -0.730. The van der Waals surface area contributed by atoms with Crippen molar-refractivity contribution in [3.63, 3.8) is 0 Å². The van der Waals surface area contributed by atoms with Crippen molar-refractivity contribution in [1.82, 2.24) is 5.43 Å². The molecule has 2 amide bonds. The van der Waals surface area contributed by atoms with Crippen LogP contribution in [0.4, 0.5) is 16.2 Å². The Hall–Kier alpha value is -3.73. The SMILES string of the molecule is N=NC(=O)NN(c1ccc2ccccc2c1)c1ccc2ccccc2c1. The van der Waals surface area contributed by atoms with Crippen LogP contribution in [0.2, 0.25) is 0 Å². The molecule has 5 nitrogen and oxygen atoms in total. The van der Waals surface area contributed by atoms with Crippen molar-refractivity contribution in [2.45, 2.75) is 0 Å². The molecular formula is C21H16N4O. The van der Waals surface area contributed by atoms with E-state index in [1.54, 1.807) is 5.01 Å². The average molecular weight is 340 g/mol. The van der Waals surface area contributed by atoms with Gasteiger partial charge in [0.2, 0.25) is 0 Å². The summed E-state index contributed by atoms with van der Waals surface area (Å²) >= 11 is 0. The van der Waals surface area contributed by atoms with E-state index in [1.165, 1.54) is 0 Å². The molecule has 126 valence electrons. The highest BCUT2D eigenvalue weighted by Gasteiger charge is 2.13. The Labute approximate surface area is 150 Å². The van der Waals surface area contributed by atoms with Crippen LogP contribution in [0.5, 0.6) is 0 Å². The molecule has 26 heavy (non-hydrogen) atoms. The summed E-state index contributed by atoms with van der Waals surface area (Å²) in [6, 6.07) is 27.2. The van der Waals surface area contributed by atoms with Gasteiger partial charge in [0.25, 0.3) is 0 Å². The molecule has 0 radical (unpaired) electrons. The molecule has 2 N–H and O–H groups in total. The van der Waals surface area contributed by atoms with E-state index in [2.05, 4.69) is 10.5 Å². The number of urea groups is 1. The molecule has 0 aliphatic rings. The van der Waals surface area contributed by atoms with Gasteiger partial charge in [-0.2, -0.15) is 5.53 Å². The molecular weight excluding hydrogens is 324 g/mol. The van der Waals surface area contributed by atoms with Gasteiger partial charge in [-0.1, -0.05) is 65.8 Å². The van der Waals surface area contributed by atoms with Gasteiger partial charge in [0.05, 0.1) is 11.4 Å². The number of benzene rings is 4. The van der Waals surface area contributed by atoms with E-state index in [-0.39, 0.29) is 0 Å². The molecule has 0 heterocycles. The fraction of sp³-hybridized carbons (Fsp3) is 0. The predicted octanol–water partition coefficient (Wildman–Crippen LogP) is 5.79. The van der Waals surface area contributed by atoms with Gasteiger partial charge in [0.1, 0.15) is 0 Å². The Kier molecular flexibility index (Phi) is 4.03. The second-order valence-corrected chi connectivity index (χ2v) is 5.93. The first-order chi connectivity index (χ1) is 12.7. The van der Waals surface area contributed by atoms with Crippen molar-refractivity contribution in [2.24, 2.45) is 5.11 Å². The summed E-state index contributed by atoms with van der Waals surface area (Å²) in [6.45, 7) is 0. The Morgan fingerprint density at radius 1 is 0.731 bits per heavy atom. The number of carbonyl (C=O) groups is 1. The molecule has 0 bridgehead atoms. The van der Waals surface area contributed by atoms with E-state index in [9.17, 15) is 4.79 Å². The highest BCUT2D eigenvalue weighted by Crippen LogP contribution is 2.29. The van der Waals surface area contributed by atoms with Crippen molar-refractivity contribution in [2.75, 3.05) is 5.01 Å². The summed E-state index contributed by atoms with van der Waals surface area (Å²) in [4.78, 5) is 11.8. The molecule has 0 saturated carbocycles. The first kappa shape index (κ1) is 15.8. The highest BCUT2D eigenvalue weighted by atomic mass is 16.2. The fourth-order valence-corrected chi connectivity index (χ4v) is 3.03. The van der Waals surface area contributed by atoms with Crippen LogP contribution in [-0.2, 0) is 0 Å². The number of fused-ring (bicyclic) bond motifs is 2. The highest BCUT2D eigenvalue weighted by molar-refractivity contribution is 5.91. The maximum Gasteiger partial charge on any atom is 0.378 e. The van der Waals surface area contributed by atoms with E-state index in [1.807, 2.05) is 84.9 Å². The standard InChI is InChI=1S/C21H16N4O/c22-23-21(26)24-25(19-11-9-15-5-1-3-7-17(15)13-19)20-12-10-16-6-2-4-8-18(16)14-20/h1-14,22H,(H,24,26). The van der Waals surface area contributed by atoms with Gasteiger partial charge in [0.15, 0.2) is 0 Å². The van der Waals surface area contributed by atoms with Gasteiger partial charge < -0.3 is 0 Å². The molecule has 0 aliphatic carbocycles. The molecule has 4 aromatic carbocycles. The largest absolute Gasteiger partial charge is 0.378 e. The summed E-state index contributed by atoms with van der Waals surface area (Å²) in [5.74, 6) is 0. The van der Waals surface area contributed by atoms with Gasteiger partial charge >= 0.3 is 6.03 Å². The number of anilines is 2. The third kappa shape index (κ3) is 2.98. The lowest BCUT2D eigenvalue weighted by Gasteiger charge is -2.25. The minimum absolute atomic E-state index is 0.730. The van der Waals surface area contributed by atoms with Crippen LogP contribution < -0.4 is 10.4 Å². The number of hydrogen-bond acceptors (Lipinski definition) is 3. The quantitative estimate of drug-likeness (QED) is 0.366. The van der Waals surface area contributed by atoms with Crippen LogP contribution in [0.3, 0.4) is 0 Å². The minimum Gasteiger partial charge on any atom is -0.252 e. The summed E-state index contributed by atoms with van der Waals surface area (Å²) in [7, 11) is 0. The average Bonchev–Trinajstić information content (AvgIpc) is 2.71. The first-order valence-electron chi connectivity index (χ1n) is 8.20. The lowest BCUT2D eigenvalue weighted by Crippen LogP contribution is -2.37. The summed E-state index contributed by atoms with van der Waals surface area (Å²) in [6.07, 6.45) is 0. The van der Waals surface area contributed by atoms with Gasteiger partial charge in [-0.25, -0.2) is 10.2 Å². The van der Waals surface area contributed by atoms with Crippen molar-refractivity contribution < 1.29 is 4.79 Å². The molecule has 5 heteroatoms. The number of amides is 2. The van der Waals surface area contributed by atoms with E-state index >= 15 is 0 Å². The maximum absolute atomic E-state index is 11.8. The summed E-state index contributed by atoms with van der Waals surface area (Å²) < 4.78 is 0. The van der Waals surface area contributed by atoms with Crippen LogP contribution in [0, 0.1) is 5.53 Å². The van der Waals surface area contributed by atoms with Crippen molar-refractivity contribution in [3.8, 4) is 0 Å². The molecule has 0 spiro atoms. The van der Waals surface area contributed by atoms with Crippen LogP contribution >= 0.6 is 0 Å². The van der Waals surface area contributed by atoms with E-state index in [0.717, 1.165) is 32.9 Å². The molecule has 4 aromatic rings. The third-order valence-corrected chi connectivity index (χ3v) is 4.29. The van der Waals surface area contributed by atoms with Crippen molar-refractivity contribution >= 4 is 39.0 Å². The zero-order valence-corrected chi connectivity index (χ0v) is 13.9. The maximum atomic E-state index is 11.8. The van der Waals surface area contributed by atoms with Gasteiger partial charge in [-0.05, 0) is 45.8 Å². The zero-order valence-electron chi connectivity index (χ0n) is 13.9. The van der Waals surface area contributed by atoms with Crippen LogP contribution in [-0.4, -0.2) is 6.03 Å². The third-order valence-electron chi connectivity index (χ3n) is 4.29. The normalized spacial score (nSPS) is 10.6. The lowest BCUT2D eigenvalue weighted by molar-refractivity contribution is 0.247. The summed E-state index contributed by atoms with van der Waals surface area (Å²) in [5, 5.41) is 8.97. The lowest BCUT2D eigenvalue weighted by atomic mass is 10.1. The van der Waals surface area contributed by atoms with Crippen LogP contribution in [0.25, 0.3) is 21.5 Å². The van der Waals surface area contributed by atoms with Gasteiger partial charge in [-0.15, -0.1) is 0 Å². The predicted molar refractivity (Wildman–Crippen MR) is 104 cm³/mol. The second-order valence-electron chi connectivity index (χ2n) is 5.93. The number of carbonyl (C=O) groups excluding carboxylic acids is 1. The molecule has 0 unspecified atom stereocenters. The van der Waals surface area contributed by atoms with E-state index in [0.29, 0.717) is 0 Å². The number of hydrogen-bond donors (Lipinski definition) is 2. The number of rotatable bonds is 3. The van der Waals surface area contributed by atoms with E-state index in [4.69, 9.17) is 5.53 Å². The fourth-order valence-electron chi connectivity index (χ4n) is 3.03. The number of nitrogens with zero attached hydrogens (tertiary/aromatic N) is 2. The Balaban J connectivity index is 1.84. The molecule has 0 aliphatic heterocycles. The smallest absolute Gasteiger partial charge is 0.252 e. The molecule has 0 saturated heterocycles. The van der Waals surface area contributed by atoms with E-state index < -0.39 is 6.03 Å². The topological polar surface area (TPSA) is 68.5 Å². The van der Waals surface area contributed by atoms with Crippen LogP contribution in [0.15, 0.2) is 90.0 Å². The first-order valence-corrected chi connectivity index (χ1v) is 8.20. The number of hydrazine groups is 1. The van der Waals surface area contributed by atoms with Gasteiger partial charge in [-0.3, -0.25) is 5.01 Å². The summed E-state index contributed by atoms with van der Waals surface area (Å²) in [5.41, 5.74) is 11.2. The number of nitrogens with one attached hydrogen (secondary N) is 2. The molecule has 4 rings (SSSR count). The van der Waals surface area contributed by atoms with Gasteiger partial charge in [0, 0.05) is 0 Å². The Morgan fingerprint density at radius 3 is 1.65 bits per heavy atom. The molecule has 0 aromatic heterocycles. The van der Waals surface area contributed by atoms with Crippen molar-refractivity contribution in [1.29, 1.82) is 5.53 Å². The van der Waals surface area contributed by atoms with Crippen molar-refractivity contribution in [3.05, 3.63) is 84.9 Å². The molecule has 0 fully saturated rings. The Bertz CT molecular complexity index is 1040. The van der Waals surface area contributed by atoms with Crippen LogP contribution in [0.1, 0.15) is 0 Å².